The summed E-state index contributed by atoms with van der Waals surface area (Å²) in [6.45, 7) is 1.98. The number of aliphatic carboxylic acids is 1. The lowest BCUT2D eigenvalue weighted by Crippen LogP contribution is -2.41. The van der Waals surface area contributed by atoms with Crippen molar-refractivity contribution in [3.63, 3.8) is 0 Å². The fourth-order valence-electron chi connectivity index (χ4n) is 2.78. The molecule has 3 N–H and O–H groups in total. The second kappa shape index (κ2) is 7.36. The molecule has 0 radical (unpaired) electrons. The van der Waals surface area contributed by atoms with Crippen molar-refractivity contribution in [2.75, 3.05) is 5.32 Å². The SMILES string of the molecule is Cc1ccccc1Oc1ccc(NC(=O)[C@@H]2CC[C@H](C(=O)O)N2)cc1. The third kappa shape index (κ3) is 4.16. The van der Waals surface area contributed by atoms with Gasteiger partial charge in [0.1, 0.15) is 17.5 Å². The summed E-state index contributed by atoms with van der Waals surface area (Å²) in [6, 6.07) is 13.7. The molecule has 1 amide bonds. The molecule has 2 aromatic carbocycles. The maximum absolute atomic E-state index is 12.2. The second-order valence-corrected chi connectivity index (χ2v) is 6.07. The minimum atomic E-state index is -0.923. The van der Waals surface area contributed by atoms with Crippen molar-refractivity contribution in [1.29, 1.82) is 0 Å². The van der Waals surface area contributed by atoms with Gasteiger partial charge in [-0.2, -0.15) is 0 Å². The molecule has 0 spiro atoms. The van der Waals surface area contributed by atoms with Gasteiger partial charge in [0.25, 0.3) is 0 Å². The number of carboxylic acids is 1. The highest BCUT2D eigenvalue weighted by molar-refractivity contribution is 5.95. The smallest absolute Gasteiger partial charge is 0.320 e. The molecule has 2 atom stereocenters. The van der Waals surface area contributed by atoms with Crippen LogP contribution in [0.25, 0.3) is 0 Å². The van der Waals surface area contributed by atoms with Crippen LogP contribution in [0.15, 0.2) is 48.5 Å². The van der Waals surface area contributed by atoms with Crippen molar-refractivity contribution in [2.24, 2.45) is 0 Å². The zero-order valence-corrected chi connectivity index (χ0v) is 13.9. The van der Waals surface area contributed by atoms with Crippen LogP contribution in [0.4, 0.5) is 5.69 Å². The predicted molar refractivity (Wildman–Crippen MR) is 93.9 cm³/mol. The Labute approximate surface area is 145 Å². The highest BCUT2D eigenvalue weighted by atomic mass is 16.5. The number of ether oxygens (including phenoxy) is 1. The van der Waals surface area contributed by atoms with E-state index in [0.717, 1.165) is 11.3 Å². The second-order valence-electron chi connectivity index (χ2n) is 6.07. The van der Waals surface area contributed by atoms with Crippen LogP contribution in [0.5, 0.6) is 11.5 Å². The number of anilines is 1. The van der Waals surface area contributed by atoms with E-state index in [0.29, 0.717) is 24.3 Å². The first kappa shape index (κ1) is 17.0. The number of benzene rings is 2. The van der Waals surface area contributed by atoms with Gasteiger partial charge in [0, 0.05) is 5.69 Å². The van der Waals surface area contributed by atoms with Crippen LogP contribution in [-0.2, 0) is 9.59 Å². The van der Waals surface area contributed by atoms with Gasteiger partial charge in [0.05, 0.1) is 6.04 Å². The van der Waals surface area contributed by atoms with Gasteiger partial charge in [-0.1, -0.05) is 18.2 Å². The maximum Gasteiger partial charge on any atom is 0.320 e. The number of rotatable bonds is 5. The highest BCUT2D eigenvalue weighted by Gasteiger charge is 2.32. The van der Waals surface area contributed by atoms with Gasteiger partial charge in [-0.15, -0.1) is 0 Å². The van der Waals surface area contributed by atoms with Crippen molar-refractivity contribution in [1.82, 2.24) is 5.32 Å². The maximum atomic E-state index is 12.2. The molecule has 1 aliphatic rings. The van der Waals surface area contributed by atoms with Crippen LogP contribution in [-0.4, -0.2) is 29.1 Å². The molecule has 3 rings (SSSR count). The Hall–Kier alpha value is -2.86. The Morgan fingerprint density at radius 3 is 2.40 bits per heavy atom. The number of amides is 1. The Morgan fingerprint density at radius 1 is 1.08 bits per heavy atom. The molecule has 2 aromatic rings. The molecular weight excluding hydrogens is 320 g/mol. The first-order chi connectivity index (χ1) is 12.0. The van der Waals surface area contributed by atoms with Crippen LogP contribution in [0.2, 0.25) is 0 Å². The standard InChI is InChI=1S/C19H20N2O4/c1-12-4-2-3-5-17(12)25-14-8-6-13(7-9-14)20-18(22)15-10-11-16(21-15)19(23)24/h2-9,15-16,21H,10-11H2,1H3,(H,20,22)(H,23,24)/t15-,16+/m0/s1. The number of carbonyl (C=O) groups excluding carboxylic acids is 1. The largest absolute Gasteiger partial charge is 0.480 e. The van der Waals surface area contributed by atoms with Gasteiger partial charge in [0.15, 0.2) is 0 Å². The number of carboxylic acid groups (broad SMARTS) is 1. The number of para-hydroxylation sites is 1. The Balaban J connectivity index is 1.58. The van der Waals surface area contributed by atoms with Crippen molar-refractivity contribution >= 4 is 17.6 Å². The number of carbonyl (C=O) groups is 2. The lowest BCUT2D eigenvalue weighted by molar-refractivity contribution is -0.139. The van der Waals surface area contributed by atoms with Gasteiger partial charge in [-0.25, -0.2) is 0 Å². The molecule has 1 fully saturated rings. The van der Waals surface area contributed by atoms with Crippen molar-refractivity contribution in [2.45, 2.75) is 31.8 Å². The minimum absolute atomic E-state index is 0.226. The van der Waals surface area contributed by atoms with Crippen LogP contribution >= 0.6 is 0 Å². The summed E-state index contributed by atoms with van der Waals surface area (Å²) in [5, 5.41) is 14.6. The summed E-state index contributed by atoms with van der Waals surface area (Å²) in [5.41, 5.74) is 1.68. The molecule has 0 aliphatic carbocycles. The van der Waals surface area contributed by atoms with E-state index in [4.69, 9.17) is 9.84 Å². The van der Waals surface area contributed by atoms with E-state index in [9.17, 15) is 9.59 Å². The van der Waals surface area contributed by atoms with Crippen LogP contribution < -0.4 is 15.4 Å². The van der Waals surface area contributed by atoms with E-state index in [2.05, 4.69) is 10.6 Å². The molecule has 0 unspecified atom stereocenters. The Kier molecular flexibility index (Phi) is 5.00. The van der Waals surface area contributed by atoms with Gasteiger partial charge in [-0.3, -0.25) is 14.9 Å². The summed E-state index contributed by atoms with van der Waals surface area (Å²) >= 11 is 0. The van der Waals surface area contributed by atoms with Gasteiger partial charge >= 0.3 is 5.97 Å². The monoisotopic (exact) mass is 340 g/mol. The molecule has 1 saturated heterocycles. The average Bonchev–Trinajstić information content (AvgIpc) is 3.09. The van der Waals surface area contributed by atoms with Crippen molar-refractivity contribution < 1.29 is 19.4 Å². The van der Waals surface area contributed by atoms with E-state index < -0.39 is 18.1 Å². The molecule has 130 valence electrons. The topological polar surface area (TPSA) is 87.7 Å². The number of hydrogen-bond donors (Lipinski definition) is 3. The summed E-state index contributed by atoms with van der Waals surface area (Å²) in [4.78, 5) is 23.1. The first-order valence-electron chi connectivity index (χ1n) is 8.16. The molecule has 1 aliphatic heterocycles. The number of nitrogens with one attached hydrogen (secondary N) is 2. The Bertz CT molecular complexity index is 773. The highest BCUT2D eigenvalue weighted by Crippen LogP contribution is 2.26. The third-order valence-corrected chi connectivity index (χ3v) is 4.20. The van der Waals surface area contributed by atoms with Gasteiger partial charge in [0.2, 0.25) is 5.91 Å². The fraction of sp³-hybridized carbons (Fsp3) is 0.263. The summed E-state index contributed by atoms with van der Waals surface area (Å²) in [5.74, 6) is 0.315. The van der Waals surface area contributed by atoms with Crippen molar-refractivity contribution in [3.05, 3.63) is 54.1 Å². The molecule has 25 heavy (non-hydrogen) atoms. The summed E-state index contributed by atoms with van der Waals surface area (Å²) < 4.78 is 5.82. The van der Waals surface area contributed by atoms with E-state index >= 15 is 0 Å². The normalized spacial score (nSPS) is 19.4. The molecular formula is C19H20N2O4. The molecule has 0 saturated carbocycles. The van der Waals surface area contributed by atoms with Crippen LogP contribution in [0.1, 0.15) is 18.4 Å². The van der Waals surface area contributed by atoms with Crippen LogP contribution in [0.3, 0.4) is 0 Å². The molecule has 6 nitrogen and oxygen atoms in total. The molecule has 0 bridgehead atoms. The predicted octanol–water partition coefficient (Wildman–Crippen LogP) is 2.93. The fourth-order valence-corrected chi connectivity index (χ4v) is 2.78. The third-order valence-electron chi connectivity index (χ3n) is 4.20. The number of aryl methyl sites for hydroxylation is 1. The lowest BCUT2D eigenvalue weighted by atomic mass is 10.2. The minimum Gasteiger partial charge on any atom is -0.480 e. The van der Waals surface area contributed by atoms with E-state index in [-0.39, 0.29) is 5.91 Å². The average molecular weight is 340 g/mol. The first-order valence-corrected chi connectivity index (χ1v) is 8.16. The van der Waals surface area contributed by atoms with E-state index in [1.54, 1.807) is 24.3 Å². The Morgan fingerprint density at radius 2 is 1.76 bits per heavy atom. The van der Waals surface area contributed by atoms with Gasteiger partial charge < -0.3 is 15.2 Å². The quantitative estimate of drug-likeness (QED) is 0.779. The van der Waals surface area contributed by atoms with Crippen LogP contribution in [0, 0.1) is 6.92 Å². The molecule has 1 heterocycles. The number of hydrogen-bond acceptors (Lipinski definition) is 4. The summed E-state index contributed by atoms with van der Waals surface area (Å²) in [7, 11) is 0. The lowest BCUT2D eigenvalue weighted by Gasteiger charge is -2.13. The van der Waals surface area contributed by atoms with Gasteiger partial charge in [-0.05, 0) is 55.7 Å². The van der Waals surface area contributed by atoms with E-state index in [1.165, 1.54) is 0 Å². The zero-order valence-electron chi connectivity index (χ0n) is 13.9. The van der Waals surface area contributed by atoms with Crippen molar-refractivity contribution in [3.8, 4) is 11.5 Å². The van der Waals surface area contributed by atoms with E-state index in [1.807, 2.05) is 31.2 Å². The molecule has 0 aromatic heterocycles. The zero-order chi connectivity index (χ0) is 17.8. The summed E-state index contributed by atoms with van der Waals surface area (Å²) in [6.07, 6.45) is 0.966. The molecule has 6 heteroatoms.